The standard InChI is InChI=1S/C10H15ClN4O2S/c1-14-4-6-15(7-5-14)13-18(16,17)9-2-3-12-10(11)8-9/h2-3,8,13H,4-7H2,1H3. The lowest BCUT2D eigenvalue weighted by molar-refractivity contribution is 0.135. The number of hydrogen-bond donors (Lipinski definition) is 1. The van der Waals surface area contributed by atoms with Gasteiger partial charge in [0.05, 0.1) is 4.90 Å². The average molecular weight is 291 g/mol. The van der Waals surface area contributed by atoms with Crippen LogP contribution in [-0.4, -0.2) is 56.5 Å². The lowest BCUT2D eigenvalue weighted by Crippen LogP contribution is -2.52. The summed E-state index contributed by atoms with van der Waals surface area (Å²) in [6.45, 7) is 2.99. The van der Waals surface area contributed by atoms with E-state index in [1.54, 1.807) is 5.01 Å². The van der Waals surface area contributed by atoms with Crippen LogP contribution < -0.4 is 4.83 Å². The Labute approximate surface area is 112 Å². The van der Waals surface area contributed by atoms with Crippen LogP contribution in [0, 0.1) is 0 Å². The van der Waals surface area contributed by atoms with E-state index in [4.69, 9.17) is 11.6 Å². The van der Waals surface area contributed by atoms with Gasteiger partial charge < -0.3 is 4.90 Å². The van der Waals surface area contributed by atoms with E-state index in [0.29, 0.717) is 13.1 Å². The van der Waals surface area contributed by atoms with Crippen molar-refractivity contribution in [2.75, 3.05) is 33.2 Å². The molecule has 2 heterocycles. The Balaban J connectivity index is 2.08. The Bertz CT molecular complexity index is 514. The van der Waals surface area contributed by atoms with Gasteiger partial charge in [0.2, 0.25) is 0 Å². The second-order valence-corrected chi connectivity index (χ2v) is 6.25. The molecule has 1 aromatic rings. The van der Waals surface area contributed by atoms with Crippen molar-refractivity contribution in [3.63, 3.8) is 0 Å². The molecule has 1 N–H and O–H groups in total. The first-order valence-electron chi connectivity index (χ1n) is 5.55. The second-order valence-electron chi connectivity index (χ2n) is 4.20. The normalized spacial score (nSPS) is 19.0. The minimum Gasteiger partial charge on any atom is -0.304 e. The third-order valence-electron chi connectivity index (χ3n) is 2.76. The molecule has 0 saturated carbocycles. The molecule has 2 rings (SSSR count). The van der Waals surface area contributed by atoms with Crippen LogP contribution in [0.2, 0.25) is 5.15 Å². The molecule has 0 radical (unpaired) electrons. The molecule has 0 bridgehead atoms. The summed E-state index contributed by atoms with van der Waals surface area (Å²) in [5, 5.41) is 1.86. The fourth-order valence-electron chi connectivity index (χ4n) is 1.67. The highest BCUT2D eigenvalue weighted by Crippen LogP contribution is 2.13. The van der Waals surface area contributed by atoms with Crippen LogP contribution in [0.15, 0.2) is 23.2 Å². The number of rotatable bonds is 3. The Hall–Kier alpha value is -0.730. The van der Waals surface area contributed by atoms with E-state index in [1.165, 1.54) is 18.3 Å². The molecule has 0 atom stereocenters. The molecule has 1 aliphatic rings. The number of piperazine rings is 1. The van der Waals surface area contributed by atoms with Crippen molar-refractivity contribution in [2.45, 2.75) is 4.90 Å². The lowest BCUT2D eigenvalue weighted by Gasteiger charge is -2.32. The third-order valence-corrected chi connectivity index (χ3v) is 4.34. The number of aromatic nitrogens is 1. The summed E-state index contributed by atoms with van der Waals surface area (Å²) in [5.74, 6) is 0. The van der Waals surface area contributed by atoms with Crippen molar-refractivity contribution in [2.24, 2.45) is 0 Å². The molecule has 1 saturated heterocycles. The van der Waals surface area contributed by atoms with Gasteiger partial charge in [-0.3, -0.25) is 0 Å². The molecule has 6 nitrogen and oxygen atoms in total. The van der Waals surface area contributed by atoms with Crippen LogP contribution in [0.4, 0.5) is 0 Å². The van der Waals surface area contributed by atoms with E-state index >= 15 is 0 Å². The zero-order valence-corrected chi connectivity index (χ0v) is 11.6. The molecule has 0 spiro atoms. The minimum absolute atomic E-state index is 0.126. The largest absolute Gasteiger partial charge is 0.304 e. The van der Waals surface area contributed by atoms with Crippen molar-refractivity contribution in [1.29, 1.82) is 0 Å². The smallest absolute Gasteiger partial charge is 0.253 e. The van der Waals surface area contributed by atoms with Gasteiger partial charge in [-0.05, 0) is 19.2 Å². The number of hydrogen-bond acceptors (Lipinski definition) is 5. The van der Waals surface area contributed by atoms with E-state index in [0.717, 1.165) is 13.1 Å². The van der Waals surface area contributed by atoms with E-state index in [9.17, 15) is 8.42 Å². The molecule has 1 aliphatic heterocycles. The molecule has 1 fully saturated rings. The Morgan fingerprint density at radius 1 is 1.33 bits per heavy atom. The summed E-state index contributed by atoms with van der Waals surface area (Å²) in [5.41, 5.74) is 0. The van der Waals surface area contributed by atoms with Gasteiger partial charge in [0.15, 0.2) is 0 Å². The van der Waals surface area contributed by atoms with E-state index in [2.05, 4.69) is 14.7 Å². The summed E-state index contributed by atoms with van der Waals surface area (Å²) in [7, 11) is -1.56. The van der Waals surface area contributed by atoms with Gasteiger partial charge in [0.25, 0.3) is 10.0 Å². The Morgan fingerprint density at radius 3 is 2.61 bits per heavy atom. The fraction of sp³-hybridized carbons (Fsp3) is 0.500. The fourth-order valence-corrected chi connectivity index (χ4v) is 3.05. The van der Waals surface area contributed by atoms with Crippen LogP contribution in [-0.2, 0) is 10.0 Å². The molecule has 0 unspecified atom stereocenters. The van der Waals surface area contributed by atoms with Crippen molar-refractivity contribution >= 4 is 21.6 Å². The predicted molar refractivity (Wildman–Crippen MR) is 68.6 cm³/mol. The van der Waals surface area contributed by atoms with Gasteiger partial charge in [-0.2, -0.15) is 0 Å². The van der Waals surface area contributed by atoms with Crippen molar-refractivity contribution in [1.82, 2.24) is 19.7 Å². The highest BCUT2D eigenvalue weighted by molar-refractivity contribution is 7.89. The monoisotopic (exact) mass is 290 g/mol. The Morgan fingerprint density at radius 2 is 2.00 bits per heavy atom. The summed E-state index contributed by atoms with van der Waals surface area (Å²) in [6.07, 6.45) is 1.38. The van der Waals surface area contributed by atoms with Crippen molar-refractivity contribution in [3.8, 4) is 0 Å². The number of nitrogens with one attached hydrogen (secondary N) is 1. The zero-order valence-electron chi connectivity index (χ0n) is 10.0. The summed E-state index contributed by atoms with van der Waals surface area (Å²) in [4.78, 5) is 8.59. The number of pyridine rings is 1. The van der Waals surface area contributed by atoms with E-state index < -0.39 is 10.0 Å². The first kappa shape index (κ1) is 13.7. The van der Waals surface area contributed by atoms with Crippen molar-refractivity contribution in [3.05, 3.63) is 23.5 Å². The number of hydrazine groups is 1. The first-order valence-corrected chi connectivity index (χ1v) is 7.41. The van der Waals surface area contributed by atoms with Gasteiger partial charge in [-0.15, -0.1) is 4.83 Å². The van der Waals surface area contributed by atoms with Crippen LogP contribution in [0.25, 0.3) is 0 Å². The molecule has 1 aromatic heterocycles. The number of likely N-dealkylation sites (N-methyl/N-ethyl adjacent to an activating group) is 1. The maximum atomic E-state index is 12.1. The third kappa shape index (κ3) is 3.39. The van der Waals surface area contributed by atoms with Gasteiger partial charge in [-0.25, -0.2) is 18.4 Å². The SMILES string of the molecule is CN1CCN(NS(=O)(=O)c2ccnc(Cl)c2)CC1. The number of sulfonamides is 1. The van der Waals surface area contributed by atoms with E-state index in [-0.39, 0.29) is 10.0 Å². The molecular formula is C10H15ClN4O2S. The lowest BCUT2D eigenvalue weighted by atomic mass is 10.4. The molecule has 8 heteroatoms. The van der Waals surface area contributed by atoms with Crippen LogP contribution >= 0.6 is 11.6 Å². The second kappa shape index (κ2) is 5.50. The summed E-state index contributed by atoms with van der Waals surface area (Å²) in [6, 6.07) is 2.75. The summed E-state index contributed by atoms with van der Waals surface area (Å²) >= 11 is 5.69. The quantitative estimate of drug-likeness (QED) is 0.804. The van der Waals surface area contributed by atoms with Gasteiger partial charge in [0, 0.05) is 32.4 Å². The molecule has 18 heavy (non-hydrogen) atoms. The number of nitrogens with zero attached hydrogens (tertiary/aromatic N) is 3. The van der Waals surface area contributed by atoms with Crippen LogP contribution in [0.3, 0.4) is 0 Å². The number of halogens is 1. The molecular weight excluding hydrogens is 276 g/mol. The average Bonchev–Trinajstić information content (AvgIpc) is 2.32. The van der Waals surface area contributed by atoms with Crippen LogP contribution in [0.1, 0.15) is 0 Å². The van der Waals surface area contributed by atoms with Gasteiger partial charge in [0.1, 0.15) is 5.15 Å². The van der Waals surface area contributed by atoms with Gasteiger partial charge in [-0.1, -0.05) is 11.6 Å². The van der Waals surface area contributed by atoms with Crippen molar-refractivity contribution < 1.29 is 8.42 Å². The van der Waals surface area contributed by atoms with Gasteiger partial charge >= 0.3 is 0 Å². The predicted octanol–water partition coefficient (Wildman–Crippen LogP) is 0.176. The van der Waals surface area contributed by atoms with Crippen LogP contribution in [0.5, 0.6) is 0 Å². The maximum Gasteiger partial charge on any atom is 0.253 e. The zero-order chi connectivity index (χ0) is 13.2. The minimum atomic E-state index is -3.57. The highest BCUT2D eigenvalue weighted by atomic mass is 35.5. The Kier molecular flexibility index (Phi) is 4.18. The molecule has 100 valence electrons. The highest BCUT2D eigenvalue weighted by Gasteiger charge is 2.21. The topological polar surface area (TPSA) is 65.5 Å². The molecule has 0 aromatic carbocycles. The molecule has 0 aliphatic carbocycles. The first-order chi connectivity index (χ1) is 8.47. The van der Waals surface area contributed by atoms with E-state index in [1.807, 2.05) is 7.05 Å². The molecule has 0 amide bonds. The maximum absolute atomic E-state index is 12.1. The summed E-state index contributed by atoms with van der Waals surface area (Å²) < 4.78 is 24.2.